The first kappa shape index (κ1) is 12.8. The van der Waals surface area contributed by atoms with Gasteiger partial charge in [-0.05, 0) is 42.8 Å². The fourth-order valence-electron chi connectivity index (χ4n) is 1.47. The normalized spacial score (nSPS) is 9.89. The molecule has 2 aromatic rings. The molecule has 2 rings (SSSR count). The Morgan fingerprint density at radius 3 is 2.33 bits per heavy atom. The summed E-state index contributed by atoms with van der Waals surface area (Å²) in [6, 6.07) is 12.4. The molecule has 0 N–H and O–H groups in total. The molecule has 0 atom stereocenters. The lowest BCUT2D eigenvalue weighted by Crippen LogP contribution is -1.89. The Hall–Kier alpha value is -1.69. The fourth-order valence-corrected chi connectivity index (χ4v) is 1.87. The van der Waals surface area contributed by atoms with Crippen LogP contribution in [-0.2, 0) is 0 Å². The summed E-state index contributed by atoms with van der Waals surface area (Å²) in [7, 11) is 0. The molecule has 4 heteroatoms. The van der Waals surface area contributed by atoms with E-state index >= 15 is 0 Å². The van der Waals surface area contributed by atoms with Crippen LogP contribution < -0.4 is 4.74 Å². The van der Waals surface area contributed by atoms with E-state index in [1.54, 1.807) is 30.3 Å². The van der Waals surface area contributed by atoms with Gasteiger partial charge in [-0.15, -0.1) is 0 Å². The summed E-state index contributed by atoms with van der Waals surface area (Å²) in [6.07, 6.45) is 0. The molecule has 0 radical (unpaired) electrons. The molecule has 0 aliphatic carbocycles. The smallest absolute Gasteiger partial charge is 0.150 e. The highest BCUT2D eigenvalue weighted by atomic mass is 35.5. The summed E-state index contributed by atoms with van der Waals surface area (Å²) in [4.78, 5) is 0. The molecule has 0 unspecified atom stereocenters. The highest BCUT2D eigenvalue weighted by molar-refractivity contribution is 6.43. The summed E-state index contributed by atoms with van der Waals surface area (Å²) < 4.78 is 5.69. The quantitative estimate of drug-likeness (QED) is 0.777. The van der Waals surface area contributed by atoms with E-state index < -0.39 is 0 Å². The van der Waals surface area contributed by atoms with Gasteiger partial charge < -0.3 is 4.74 Å². The van der Waals surface area contributed by atoms with E-state index in [9.17, 15) is 0 Å². The largest absolute Gasteiger partial charge is 0.455 e. The van der Waals surface area contributed by atoms with E-state index in [0.717, 1.165) is 5.56 Å². The van der Waals surface area contributed by atoms with Crippen LogP contribution in [-0.4, -0.2) is 0 Å². The van der Waals surface area contributed by atoms with Gasteiger partial charge >= 0.3 is 0 Å². The fraction of sp³-hybridized carbons (Fsp3) is 0.0714. The molecule has 18 heavy (non-hydrogen) atoms. The Balaban J connectivity index is 2.34. The van der Waals surface area contributed by atoms with Crippen molar-refractivity contribution in [1.29, 1.82) is 5.26 Å². The molecule has 0 spiro atoms. The molecule has 90 valence electrons. The standard InChI is InChI=1S/C14H9Cl2NO/c1-9-2-7-12(15)13(16)14(9)18-11-5-3-10(8-17)4-6-11/h2-7H,1H3. The monoisotopic (exact) mass is 277 g/mol. The number of benzene rings is 2. The molecule has 0 aliphatic rings. The molecule has 0 saturated heterocycles. The number of aryl methyl sites for hydroxylation is 1. The van der Waals surface area contributed by atoms with Crippen molar-refractivity contribution in [2.75, 3.05) is 0 Å². The molecule has 0 aromatic heterocycles. The zero-order valence-corrected chi connectivity index (χ0v) is 11.1. The van der Waals surface area contributed by atoms with Crippen molar-refractivity contribution in [3.05, 3.63) is 57.6 Å². The van der Waals surface area contributed by atoms with Gasteiger partial charge in [-0.1, -0.05) is 29.3 Å². The lowest BCUT2D eigenvalue weighted by Gasteiger charge is -2.11. The lowest BCUT2D eigenvalue weighted by molar-refractivity contribution is 0.479. The lowest BCUT2D eigenvalue weighted by atomic mass is 10.2. The zero-order valence-electron chi connectivity index (χ0n) is 9.58. The van der Waals surface area contributed by atoms with Gasteiger partial charge in [0.25, 0.3) is 0 Å². The Labute approximate surface area is 115 Å². The summed E-state index contributed by atoms with van der Waals surface area (Å²) in [6.45, 7) is 1.89. The van der Waals surface area contributed by atoms with Crippen molar-refractivity contribution < 1.29 is 4.74 Å². The van der Waals surface area contributed by atoms with Crippen LogP contribution in [0.5, 0.6) is 11.5 Å². The number of ether oxygens (including phenoxy) is 1. The van der Waals surface area contributed by atoms with Gasteiger partial charge in [-0.3, -0.25) is 0 Å². The molecular weight excluding hydrogens is 269 g/mol. The third-order valence-electron chi connectivity index (χ3n) is 2.45. The third kappa shape index (κ3) is 2.59. The van der Waals surface area contributed by atoms with Crippen LogP contribution in [0.1, 0.15) is 11.1 Å². The first-order valence-electron chi connectivity index (χ1n) is 5.24. The average molecular weight is 278 g/mol. The predicted molar refractivity (Wildman–Crippen MR) is 72.4 cm³/mol. The molecule has 0 aliphatic heterocycles. The van der Waals surface area contributed by atoms with Crippen LogP contribution in [0.3, 0.4) is 0 Å². The Bertz CT molecular complexity index is 615. The topological polar surface area (TPSA) is 33.0 Å². The number of nitrogens with zero attached hydrogens (tertiary/aromatic N) is 1. The minimum absolute atomic E-state index is 0.390. The van der Waals surface area contributed by atoms with E-state index in [-0.39, 0.29) is 0 Å². The van der Waals surface area contributed by atoms with E-state index in [0.29, 0.717) is 27.1 Å². The van der Waals surface area contributed by atoms with Gasteiger partial charge in [0.15, 0.2) is 0 Å². The zero-order chi connectivity index (χ0) is 13.1. The van der Waals surface area contributed by atoms with Gasteiger partial charge in [0.1, 0.15) is 16.5 Å². The van der Waals surface area contributed by atoms with Crippen LogP contribution in [0.2, 0.25) is 10.0 Å². The first-order valence-corrected chi connectivity index (χ1v) is 6.00. The highest BCUT2D eigenvalue weighted by Gasteiger charge is 2.10. The molecular formula is C14H9Cl2NO. The summed E-state index contributed by atoms with van der Waals surface area (Å²) in [5.41, 5.74) is 1.48. The maximum absolute atomic E-state index is 8.71. The van der Waals surface area contributed by atoms with Crippen LogP contribution in [0.4, 0.5) is 0 Å². The molecule has 0 heterocycles. The molecule has 0 amide bonds. The van der Waals surface area contributed by atoms with Crippen LogP contribution in [0.25, 0.3) is 0 Å². The van der Waals surface area contributed by atoms with E-state index in [1.165, 1.54) is 0 Å². The molecule has 0 saturated carbocycles. The Kier molecular flexibility index (Phi) is 3.76. The van der Waals surface area contributed by atoms with Crippen molar-refractivity contribution in [2.45, 2.75) is 6.92 Å². The maximum atomic E-state index is 8.71. The van der Waals surface area contributed by atoms with Crippen molar-refractivity contribution in [3.8, 4) is 17.6 Å². The van der Waals surface area contributed by atoms with Gasteiger partial charge in [-0.2, -0.15) is 5.26 Å². The van der Waals surface area contributed by atoms with E-state index in [2.05, 4.69) is 0 Å². The Morgan fingerprint density at radius 1 is 1.06 bits per heavy atom. The van der Waals surface area contributed by atoms with Gasteiger partial charge in [-0.25, -0.2) is 0 Å². The average Bonchev–Trinajstić information content (AvgIpc) is 2.40. The second-order valence-corrected chi connectivity index (χ2v) is 4.53. The highest BCUT2D eigenvalue weighted by Crippen LogP contribution is 2.37. The summed E-state index contributed by atoms with van der Waals surface area (Å²) in [5.74, 6) is 1.15. The van der Waals surface area contributed by atoms with Gasteiger partial charge in [0, 0.05) is 0 Å². The van der Waals surface area contributed by atoms with Crippen molar-refractivity contribution >= 4 is 23.2 Å². The molecule has 0 fully saturated rings. The van der Waals surface area contributed by atoms with E-state index in [1.807, 2.05) is 19.1 Å². The Morgan fingerprint density at radius 2 is 1.72 bits per heavy atom. The summed E-state index contributed by atoms with van der Waals surface area (Å²) in [5, 5.41) is 9.55. The maximum Gasteiger partial charge on any atom is 0.150 e. The number of hydrogen-bond acceptors (Lipinski definition) is 2. The van der Waals surface area contributed by atoms with Crippen molar-refractivity contribution in [3.63, 3.8) is 0 Å². The van der Waals surface area contributed by atoms with Crippen LogP contribution in [0, 0.1) is 18.3 Å². The number of hydrogen-bond donors (Lipinski definition) is 0. The van der Waals surface area contributed by atoms with Gasteiger partial charge in [0.05, 0.1) is 16.7 Å². The van der Waals surface area contributed by atoms with Crippen molar-refractivity contribution in [1.82, 2.24) is 0 Å². The van der Waals surface area contributed by atoms with Crippen LogP contribution in [0.15, 0.2) is 36.4 Å². The second kappa shape index (κ2) is 5.30. The first-order chi connectivity index (χ1) is 8.61. The number of halogens is 2. The molecule has 2 nitrogen and oxygen atoms in total. The molecule has 0 bridgehead atoms. The molecule has 2 aromatic carbocycles. The van der Waals surface area contributed by atoms with Gasteiger partial charge in [0.2, 0.25) is 0 Å². The number of nitriles is 1. The van der Waals surface area contributed by atoms with Crippen molar-refractivity contribution in [2.24, 2.45) is 0 Å². The van der Waals surface area contributed by atoms with Crippen LogP contribution >= 0.6 is 23.2 Å². The minimum atomic E-state index is 0.390. The third-order valence-corrected chi connectivity index (χ3v) is 3.24. The minimum Gasteiger partial charge on any atom is -0.455 e. The predicted octanol–water partition coefficient (Wildman–Crippen LogP) is 4.97. The summed E-state index contributed by atoms with van der Waals surface area (Å²) >= 11 is 12.0. The SMILES string of the molecule is Cc1ccc(Cl)c(Cl)c1Oc1ccc(C#N)cc1. The second-order valence-electron chi connectivity index (χ2n) is 3.75. The number of rotatable bonds is 2. The van der Waals surface area contributed by atoms with E-state index in [4.69, 9.17) is 33.2 Å².